The molecule has 150 valence electrons. The predicted molar refractivity (Wildman–Crippen MR) is 119 cm³/mol. The van der Waals surface area contributed by atoms with Crippen LogP contribution < -0.4 is 10.5 Å². The van der Waals surface area contributed by atoms with Gasteiger partial charge in [-0.05, 0) is 43.0 Å². The molecule has 0 fully saturated rings. The van der Waals surface area contributed by atoms with Crippen LogP contribution in [0.4, 0.5) is 5.69 Å². The summed E-state index contributed by atoms with van der Waals surface area (Å²) in [5, 5.41) is 0.883. The van der Waals surface area contributed by atoms with Gasteiger partial charge in [0.25, 0.3) is 5.56 Å². The number of fused-ring (bicyclic) bond motifs is 2. The lowest BCUT2D eigenvalue weighted by atomic mass is 10.2. The Morgan fingerprint density at radius 3 is 2.62 bits per heavy atom. The number of nitrogens with zero attached hydrogens (tertiary/aromatic N) is 3. The Labute approximate surface area is 174 Å². The monoisotopic (exact) mass is 407 g/mol. The maximum Gasteiger partial charge on any atom is 0.262 e. The highest BCUT2D eigenvalue weighted by Gasteiger charge is 2.29. The van der Waals surface area contributed by atoms with Gasteiger partial charge in [0, 0.05) is 18.8 Å². The topological polar surface area (TPSA) is 55.2 Å². The average Bonchev–Trinajstić information content (AvgIpc) is 3.14. The molecule has 0 aliphatic carbocycles. The van der Waals surface area contributed by atoms with E-state index in [1.807, 2.05) is 54.3 Å². The number of carbonyl (C=O) groups excluding carboxylic acids is 1. The van der Waals surface area contributed by atoms with Crippen LogP contribution in [0.15, 0.2) is 58.5 Å². The van der Waals surface area contributed by atoms with Crippen molar-refractivity contribution < 1.29 is 4.79 Å². The second kappa shape index (κ2) is 8.03. The molecular formula is C23H25N3O2S. The van der Waals surface area contributed by atoms with Crippen LogP contribution in [0.3, 0.4) is 0 Å². The van der Waals surface area contributed by atoms with E-state index in [-0.39, 0.29) is 16.7 Å². The molecule has 2 aromatic carbocycles. The molecule has 5 nitrogen and oxygen atoms in total. The summed E-state index contributed by atoms with van der Waals surface area (Å²) >= 11 is 1.37. The lowest BCUT2D eigenvalue weighted by molar-refractivity contribution is -0.117. The van der Waals surface area contributed by atoms with Crippen LogP contribution in [0.1, 0.15) is 26.3 Å². The highest BCUT2D eigenvalue weighted by molar-refractivity contribution is 8.00. The van der Waals surface area contributed by atoms with Crippen molar-refractivity contribution in [1.82, 2.24) is 9.55 Å². The van der Waals surface area contributed by atoms with Gasteiger partial charge >= 0.3 is 0 Å². The fraction of sp³-hybridized carbons (Fsp3) is 0.348. The quantitative estimate of drug-likeness (QED) is 0.472. The Morgan fingerprint density at radius 2 is 1.83 bits per heavy atom. The Bertz CT molecular complexity index is 1120. The summed E-state index contributed by atoms with van der Waals surface area (Å²) in [7, 11) is 0. The molecule has 1 unspecified atom stereocenters. The molecule has 29 heavy (non-hydrogen) atoms. The molecule has 0 bridgehead atoms. The van der Waals surface area contributed by atoms with Crippen molar-refractivity contribution in [3.8, 4) is 0 Å². The zero-order valence-electron chi connectivity index (χ0n) is 17.0. The van der Waals surface area contributed by atoms with Gasteiger partial charge in [0.2, 0.25) is 5.91 Å². The van der Waals surface area contributed by atoms with Crippen LogP contribution in [-0.2, 0) is 17.8 Å². The first-order valence-corrected chi connectivity index (χ1v) is 10.9. The van der Waals surface area contributed by atoms with Gasteiger partial charge in [0.1, 0.15) is 0 Å². The Morgan fingerprint density at radius 1 is 1.10 bits per heavy atom. The number of aromatic nitrogens is 2. The zero-order chi connectivity index (χ0) is 20.5. The van der Waals surface area contributed by atoms with Crippen LogP contribution in [-0.4, -0.2) is 27.3 Å². The Kier molecular flexibility index (Phi) is 5.46. The maximum atomic E-state index is 13.2. The molecule has 2 heterocycles. The Hall–Kier alpha value is -2.60. The van der Waals surface area contributed by atoms with Gasteiger partial charge in [0.15, 0.2) is 5.16 Å². The van der Waals surface area contributed by atoms with Crippen molar-refractivity contribution in [2.24, 2.45) is 5.92 Å². The summed E-state index contributed by atoms with van der Waals surface area (Å²) in [6, 6.07) is 15.4. The average molecular weight is 408 g/mol. The first kappa shape index (κ1) is 19.7. The van der Waals surface area contributed by atoms with E-state index in [0.717, 1.165) is 12.1 Å². The van der Waals surface area contributed by atoms with E-state index in [1.165, 1.54) is 17.3 Å². The third-order valence-electron chi connectivity index (χ3n) is 5.16. The van der Waals surface area contributed by atoms with E-state index in [2.05, 4.69) is 19.9 Å². The van der Waals surface area contributed by atoms with Gasteiger partial charge < -0.3 is 4.90 Å². The molecule has 4 rings (SSSR count). The number of hydrogen-bond acceptors (Lipinski definition) is 4. The van der Waals surface area contributed by atoms with Gasteiger partial charge in [-0.15, -0.1) is 0 Å². The van der Waals surface area contributed by atoms with Crippen LogP contribution in [0.2, 0.25) is 0 Å². The standard InChI is InChI=1S/C23H25N3O2S/c1-15(2)14-26-22(28)18-9-5-6-10-19(18)24-23(26)29-16(3)21(27)25-13-12-17-8-4-7-11-20(17)25/h4-11,15-16H,12-14H2,1-3H3. The van der Waals surface area contributed by atoms with Crippen molar-refractivity contribution in [3.63, 3.8) is 0 Å². The largest absolute Gasteiger partial charge is 0.311 e. The maximum absolute atomic E-state index is 13.2. The molecule has 1 aromatic heterocycles. The summed E-state index contributed by atoms with van der Waals surface area (Å²) in [4.78, 5) is 32.9. The third kappa shape index (κ3) is 3.81. The van der Waals surface area contributed by atoms with Crippen LogP contribution >= 0.6 is 11.8 Å². The van der Waals surface area contributed by atoms with Crippen molar-refractivity contribution in [2.75, 3.05) is 11.4 Å². The molecule has 0 saturated carbocycles. The number of benzene rings is 2. The normalized spacial score (nSPS) is 14.4. The lowest BCUT2D eigenvalue weighted by Gasteiger charge is -2.22. The summed E-state index contributed by atoms with van der Waals surface area (Å²) in [5.41, 5.74) is 2.83. The number of amides is 1. The van der Waals surface area contributed by atoms with Gasteiger partial charge in [-0.2, -0.15) is 0 Å². The number of carbonyl (C=O) groups is 1. The molecule has 3 aromatic rings. The molecule has 1 aliphatic rings. The molecule has 1 aliphatic heterocycles. The highest BCUT2D eigenvalue weighted by atomic mass is 32.2. The van der Waals surface area contributed by atoms with E-state index < -0.39 is 0 Å². The molecule has 0 spiro atoms. The number of hydrogen-bond donors (Lipinski definition) is 0. The minimum atomic E-state index is -0.340. The lowest BCUT2D eigenvalue weighted by Crippen LogP contribution is -2.36. The molecule has 0 saturated heterocycles. The van der Waals surface area contributed by atoms with Gasteiger partial charge in [-0.3, -0.25) is 14.2 Å². The van der Waals surface area contributed by atoms with Gasteiger partial charge in [0.05, 0.1) is 16.2 Å². The zero-order valence-corrected chi connectivity index (χ0v) is 17.8. The van der Waals surface area contributed by atoms with E-state index in [1.54, 1.807) is 4.57 Å². The van der Waals surface area contributed by atoms with E-state index in [4.69, 9.17) is 4.98 Å². The smallest absolute Gasteiger partial charge is 0.262 e. The molecule has 0 radical (unpaired) electrons. The first-order valence-electron chi connectivity index (χ1n) is 10.0. The van der Waals surface area contributed by atoms with Crippen molar-refractivity contribution in [3.05, 3.63) is 64.4 Å². The number of anilines is 1. The summed E-state index contributed by atoms with van der Waals surface area (Å²) in [5.74, 6) is 0.352. The van der Waals surface area contributed by atoms with E-state index in [0.29, 0.717) is 35.1 Å². The summed E-state index contributed by atoms with van der Waals surface area (Å²) in [6.45, 7) is 7.33. The number of para-hydroxylation sites is 2. The van der Waals surface area contributed by atoms with Crippen LogP contribution in [0, 0.1) is 5.92 Å². The second-order valence-corrected chi connectivity index (χ2v) is 9.16. The molecule has 0 N–H and O–H groups in total. The number of rotatable bonds is 5. The SMILES string of the molecule is CC(C)Cn1c(SC(C)C(=O)N2CCc3ccccc32)nc2ccccc2c1=O. The fourth-order valence-electron chi connectivity index (χ4n) is 3.76. The van der Waals surface area contributed by atoms with Crippen LogP contribution in [0.5, 0.6) is 0 Å². The highest BCUT2D eigenvalue weighted by Crippen LogP contribution is 2.31. The van der Waals surface area contributed by atoms with Crippen molar-refractivity contribution >= 4 is 34.3 Å². The predicted octanol–water partition coefficient (Wildman–Crippen LogP) is 4.12. The van der Waals surface area contributed by atoms with E-state index in [9.17, 15) is 9.59 Å². The fourth-order valence-corrected chi connectivity index (χ4v) is 4.74. The third-order valence-corrected chi connectivity index (χ3v) is 6.24. The minimum Gasteiger partial charge on any atom is -0.311 e. The molecule has 1 amide bonds. The molecular weight excluding hydrogens is 382 g/mol. The summed E-state index contributed by atoms with van der Waals surface area (Å²) in [6.07, 6.45) is 0.881. The second-order valence-electron chi connectivity index (χ2n) is 7.85. The minimum absolute atomic E-state index is 0.0435. The van der Waals surface area contributed by atoms with E-state index >= 15 is 0 Å². The van der Waals surface area contributed by atoms with Gasteiger partial charge in [-0.25, -0.2) is 4.98 Å². The van der Waals surface area contributed by atoms with Crippen LogP contribution in [0.25, 0.3) is 10.9 Å². The summed E-state index contributed by atoms with van der Waals surface area (Å²) < 4.78 is 1.72. The number of thioether (sulfide) groups is 1. The van der Waals surface area contributed by atoms with Crippen molar-refractivity contribution in [2.45, 2.75) is 44.1 Å². The van der Waals surface area contributed by atoms with Crippen molar-refractivity contribution in [1.29, 1.82) is 0 Å². The molecule has 6 heteroatoms. The Balaban J connectivity index is 1.66. The molecule has 1 atom stereocenters. The first-order chi connectivity index (χ1) is 14.0. The van der Waals surface area contributed by atoms with Gasteiger partial charge in [-0.1, -0.05) is 55.9 Å².